The fourth-order valence-corrected chi connectivity index (χ4v) is 4.35. The number of β-amino-alcohol motifs (C(OH)–C–C–N with tert-alkyl or cyclic N) is 1. The normalized spacial score (nSPS) is 17.0. The fraction of sp³-hybridized carbons (Fsp3) is 0.375. The van der Waals surface area contributed by atoms with Crippen molar-refractivity contribution in [3.8, 4) is 0 Å². The van der Waals surface area contributed by atoms with E-state index < -0.39 is 6.10 Å². The molecule has 0 saturated carbocycles. The van der Waals surface area contributed by atoms with Crippen molar-refractivity contribution in [2.45, 2.75) is 25.4 Å². The van der Waals surface area contributed by atoms with Crippen molar-refractivity contribution in [3.63, 3.8) is 0 Å². The number of thiophene rings is 1. The molecule has 2 aromatic rings. The van der Waals surface area contributed by atoms with Gasteiger partial charge in [0, 0.05) is 18.0 Å². The largest absolute Gasteiger partial charge is 0.459 e. The van der Waals surface area contributed by atoms with Gasteiger partial charge < -0.3 is 19.7 Å². The molecule has 1 saturated heterocycles. The third kappa shape index (κ3) is 2.46. The molecule has 0 spiro atoms. The summed E-state index contributed by atoms with van der Waals surface area (Å²) in [5.74, 6) is -0.242. The van der Waals surface area contributed by atoms with Crippen LogP contribution in [0.25, 0.3) is 0 Å². The van der Waals surface area contributed by atoms with E-state index in [-0.39, 0.29) is 17.6 Å². The van der Waals surface area contributed by atoms with Crippen molar-refractivity contribution in [1.29, 1.82) is 0 Å². The lowest BCUT2D eigenvalue weighted by atomic mass is 10.1. The molecule has 120 valence electrons. The summed E-state index contributed by atoms with van der Waals surface area (Å²) < 4.78 is 5.10. The molecule has 6 nitrogen and oxygen atoms in total. The summed E-state index contributed by atoms with van der Waals surface area (Å²) in [5.41, 5.74) is 1.64. The van der Waals surface area contributed by atoms with Crippen LogP contribution in [0.4, 0.5) is 5.00 Å². The van der Waals surface area contributed by atoms with Crippen LogP contribution in [-0.2, 0) is 12.8 Å². The maximum atomic E-state index is 12.7. The summed E-state index contributed by atoms with van der Waals surface area (Å²) in [7, 11) is 0. The molecule has 2 amide bonds. The van der Waals surface area contributed by atoms with Crippen LogP contribution in [0.15, 0.2) is 22.8 Å². The van der Waals surface area contributed by atoms with Crippen LogP contribution < -0.4 is 5.32 Å². The molecule has 23 heavy (non-hydrogen) atoms. The molecule has 0 atom stereocenters. The predicted molar refractivity (Wildman–Crippen MR) is 84.9 cm³/mol. The number of amides is 2. The first kappa shape index (κ1) is 14.5. The minimum atomic E-state index is -0.438. The number of hydrogen-bond donors (Lipinski definition) is 2. The summed E-state index contributed by atoms with van der Waals surface area (Å²) in [6.07, 6.45) is 3.85. The summed E-state index contributed by atoms with van der Waals surface area (Å²) >= 11 is 1.47. The number of carbonyl (C=O) groups is 2. The number of nitrogens with zero attached hydrogens (tertiary/aromatic N) is 1. The Morgan fingerprint density at radius 2 is 2.17 bits per heavy atom. The van der Waals surface area contributed by atoms with Crippen molar-refractivity contribution in [2.75, 3.05) is 18.4 Å². The van der Waals surface area contributed by atoms with Gasteiger partial charge in [0.15, 0.2) is 5.76 Å². The van der Waals surface area contributed by atoms with Gasteiger partial charge in [0.1, 0.15) is 5.00 Å². The third-order valence-corrected chi connectivity index (χ3v) is 5.46. The van der Waals surface area contributed by atoms with E-state index in [9.17, 15) is 14.7 Å². The molecule has 1 aliphatic carbocycles. The molecular weight excluding hydrogens is 316 g/mol. The fourth-order valence-electron chi connectivity index (χ4n) is 3.07. The maximum Gasteiger partial charge on any atom is 0.291 e. The number of anilines is 1. The van der Waals surface area contributed by atoms with Gasteiger partial charge in [0.2, 0.25) is 0 Å². The van der Waals surface area contributed by atoms with Gasteiger partial charge in [-0.15, -0.1) is 11.3 Å². The molecule has 1 fully saturated rings. The smallest absolute Gasteiger partial charge is 0.291 e. The van der Waals surface area contributed by atoms with Crippen LogP contribution in [0.1, 0.15) is 37.8 Å². The summed E-state index contributed by atoms with van der Waals surface area (Å²) in [5, 5.41) is 12.8. The number of fused-ring (bicyclic) bond motifs is 1. The standard InChI is InChI=1S/C16H16N2O4S/c19-9-7-18(8-9)16(21)13-10-3-1-5-12(10)23-15(13)17-14(20)11-4-2-6-22-11/h2,4,6,9,19H,1,3,5,7-8H2,(H,17,20). The van der Waals surface area contributed by atoms with Crippen molar-refractivity contribution >= 4 is 28.2 Å². The lowest BCUT2D eigenvalue weighted by Crippen LogP contribution is -2.53. The lowest BCUT2D eigenvalue weighted by Gasteiger charge is -2.36. The molecule has 3 heterocycles. The Hall–Kier alpha value is -2.12. The number of nitrogens with one attached hydrogen (secondary N) is 1. The number of likely N-dealkylation sites (tertiary alicyclic amines) is 1. The molecule has 7 heteroatoms. The highest BCUT2D eigenvalue weighted by atomic mass is 32.1. The number of aliphatic hydroxyl groups is 1. The number of rotatable bonds is 3. The topological polar surface area (TPSA) is 82.8 Å². The Morgan fingerprint density at radius 1 is 1.35 bits per heavy atom. The van der Waals surface area contributed by atoms with Gasteiger partial charge in [0.25, 0.3) is 11.8 Å². The van der Waals surface area contributed by atoms with Crippen molar-refractivity contribution in [3.05, 3.63) is 40.2 Å². The van der Waals surface area contributed by atoms with E-state index in [1.807, 2.05) is 0 Å². The molecule has 2 aromatic heterocycles. The van der Waals surface area contributed by atoms with E-state index >= 15 is 0 Å². The Balaban J connectivity index is 1.64. The lowest BCUT2D eigenvalue weighted by molar-refractivity contribution is 0.00592. The molecule has 2 aliphatic rings. The minimum Gasteiger partial charge on any atom is -0.459 e. The monoisotopic (exact) mass is 332 g/mol. The van der Waals surface area contributed by atoms with Gasteiger partial charge in [-0.3, -0.25) is 9.59 Å². The van der Waals surface area contributed by atoms with Gasteiger partial charge >= 0.3 is 0 Å². The van der Waals surface area contributed by atoms with Crippen molar-refractivity contribution in [1.82, 2.24) is 4.90 Å². The SMILES string of the molecule is O=C(Nc1sc2c(c1C(=O)N1CC(O)C1)CCC2)c1ccco1. The summed E-state index contributed by atoms with van der Waals surface area (Å²) in [6.45, 7) is 0.712. The van der Waals surface area contributed by atoms with E-state index in [2.05, 4.69) is 5.32 Å². The van der Waals surface area contributed by atoms with Crippen LogP contribution in [0.2, 0.25) is 0 Å². The Bertz CT molecular complexity index is 759. The number of aliphatic hydroxyl groups excluding tert-OH is 1. The second-order valence-corrected chi connectivity index (χ2v) is 6.96. The first-order valence-electron chi connectivity index (χ1n) is 7.60. The molecular formula is C16H16N2O4S. The Labute approximate surface area is 136 Å². The first-order chi connectivity index (χ1) is 11.1. The highest BCUT2D eigenvalue weighted by molar-refractivity contribution is 7.17. The minimum absolute atomic E-state index is 0.107. The number of furan rings is 1. The van der Waals surface area contributed by atoms with Crippen LogP contribution >= 0.6 is 11.3 Å². The van der Waals surface area contributed by atoms with E-state index in [0.29, 0.717) is 23.7 Å². The van der Waals surface area contributed by atoms with Crippen molar-refractivity contribution < 1.29 is 19.1 Å². The van der Waals surface area contributed by atoms with Gasteiger partial charge in [-0.05, 0) is 37.0 Å². The van der Waals surface area contributed by atoms with Crippen LogP contribution in [0.3, 0.4) is 0 Å². The Morgan fingerprint density at radius 3 is 2.87 bits per heavy atom. The van der Waals surface area contributed by atoms with E-state index in [4.69, 9.17) is 4.42 Å². The van der Waals surface area contributed by atoms with Gasteiger partial charge in [-0.25, -0.2) is 0 Å². The predicted octanol–water partition coefficient (Wildman–Crippen LogP) is 1.90. The zero-order valence-corrected chi connectivity index (χ0v) is 13.2. The third-order valence-electron chi connectivity index (χ3n) is 4.26. The zero-order valence-electron chi connectivity index (χ0n) is 12.4. The van der Waals surface area contributed by atoms with Crippen LogP contribution in [0, 0.1) is 0 Å². The van der Waals surface area contributed by atoms with Gasteiger partial charge in [-0.1, -0.05) is 0 Å². The molecule has 1 aliphatic heterocycles. The van der Waals surface area contributed by atoms with E-state index in [0.717, 1.165) is 24.8 Å². The van der Waals surface area contributed by atoms with E-state index in [1.54, 1.807) is 17.0 Å². The second kappa shape index (κ2) is 5.50. The van der Waals surface area contributed by atoms with E-state index in [1.165, 1.54) is 22.5 Å². The molecule has 0 unspecified atom stereocenters. The van der Waals surface area contributed by atoms with Crippen LogP contribution in [-0.4, -0.2) is 41.0 Å². The molecule has 0 bridgehead atoms. The van der Waals surface area contributed by atoms with Crippen LogP contribution in [0.5, 0.6) is 0 Å². The van der Waals surface area contributed by atoms with Crippen molar-refractivity contribution in [2.24, 2.45) is 0 Å². The number of carbonyl (C=O) groups excluding carboxylic acids is 2. The van der Waals surface area contributed by atoms with Gasteiger partial charge in [-0.2, -0.15) is 0 Å². The average Bonchev–Trinajstić information content (AvgIpc) is 3.19. The zero-order chi connectivity index (χ0) is 16.0. The number of aryl methyl sites for hydroxylation is 1. The quantitative estimate of drug-likeness (QED) is 0.899. The molecule has 0 radical (unpaired) electrons. The number of hydrogen-bond acceptors (Lipinski definition) is 5. The molecule has 4 rings (SSSR count). The second-order valence-electron chi connectivity index (χ2n) is 5.86. The maximum absolute atomic E-state index is 12.7. The van der Waals surface area contributed by atoms with Gasteiger partial charge in [0.05, 0.1) is 17.9 Å². The molecule has 2 N–H and O–H groups in total. The first-order valence-corrected chi connectivity index (χ1v) is 8.42. The average molecular weight is 332 g/mol. The Kier molecular flexibility index (Phi) is 3.46. The highest BCUT2D eigenvalue weighted by Gasteiger charge is 2.35. The highest BCUT2D eigenvalue weighted by Crippen LogP contribution is 2.40. The summed E-state index contributed by atoms with van der Waals surface area (Å²) in [6, 6.07) is 3.24. The molecule has 0 aromatic carbocycles. The summed E-state index contributed by atoms with van der Waals surface area (Å²) in [4.78, 5) is 27.7.